The predicted octanol–water partition coefficient (Wildman–Crippen LogP) is 3.57. The number of phenolic OH excluding ortho intramolecular Hbond substituents is 1. The molecule has 1 heterocycles. The highest BCUT2D eigenvalue weighted by molar-refractivity contribution is 9.12. The van der Waals surface area contributed by atoms with E-state index in [0.29, 0.717) is 36.3 Å². The SMILES string of the molecule is CCOc1cc([C@H]2C3=CC[C@@H]4C(=O)N(CC)C(=O)[C@@H]4[C@@H]3CC3=C2C(=O)C=C(Br)C3=O)ccc1O. The Kier molecular flexibility index (Phi) is 5.59. The van der Waals surface area contributed by atoms with Gasteiger partial charge in [0.15, 0.2) is 23.1 Å². The molecular formula is C26H24BrNO6. The number of fused-ring (bicyclic) bond motifs is 3. The first-order valence-corrected chi connectivity index (χ1v) is 12.3. The van der Waals surface area contributed by atoms with Crippen LogP contribution in [0.2, 0.25) is 0 Å². The van der Waals surface area contributed by atoms with E-state index in [4.69, 9.17) is 4.74 Å². The van der Waals surface area contributed by atoms with Crippen LogP contribution in [0.5, 0.6) is 11.5 Å². The predicted molar refractivity (Wildman–Crippen MR) is 126 cm³/mol. The molecule has 7 nitrogen and oxygen atoms in total. The zero-order valence-electron chi connectivity index (χ0n) is 18.8. The first kappa shape index (κ1) is 22.8. The molecule has 0 radical (unpaired) electrons. The number of carbonyl (C=O) groups is 4. The number of allylic oxidation sites excluding steroid dienone is 6. The molecule has 1 N–H and O–H groups in total. The van der Waals surface area contributed by atoms with Crippen LogP contribution in [-0.4, -0.2) is 46.5 Å². The smallest absolute Gasteiger partial charge is 0.233 e. The van der Waals surface area contributed by atoms with E-state index >= 15 is 0 Å². The summed E-state index contributed by atoms with van der Waals surface area (Å²) in [5.74, 6) is -2.58. The second-order valence-corrected chi connectivity index (χ2v) is 9.83. The van der Waals surface area contributed by atoms with Gasteiger partial charge in [0.05, 0.1) is 22.9 Å². The molecule has 4 atom stereocenters. The number of halogens is 1. The molecule has 34 heavy (non-hydrogen) atoms. The zero-order valence-corrected chi connectivity index (χ0v) is 20.4. The van der Waals surface area contributed by atoms with Gasteiger partial charge in [-0.25, -0.2) is 0 Å². The number of carbonyl (C=O) groups excluding carboxylic acids is 4. The molecule has 0 bridgehead atoms. The number of ether oxygens (including phenoxy) is 1. The van der Waals surface area contributed by atoms with Crippen molar-refractivity contribution in [2.45, 2.75) is 32.6 Å². The number of likely N-dealkylation sites (tertiary alicyclic amines) is 1. The summed E-state index contributed by atoms with van der Waals surface area (Å²) in [6.07, 6.45) is 3.92. The van der Waals surface area contributed by atoms with Gasteiger partial charge >= 0.3 is 0 Å². The fourth-order valence-electron chi connectivity index (χ4n) is 5.94. The quantitative estimate of drug-likeness (QED) is 0.366. The van der Waals surface area contributed by atoms with Crippen molar-refractivity contribution >= 4 is 39.3 Å². The second kappa shape index (κ2) is 8.34. The molecule has 1 fully saturated rings. The molecule has 0 saturated carbocycles. The summed E-state index contributed by atoms with van der Waals surface area (Å²) in [6.45, 7) is 4.25. The number of amides is 2. The maximum atomic E-state index is 13.3. The van der Waals surface area contributed by atoms with E-state index in [0.717, 1.165) is 5.57 Å². The summed E-state index contributed by atoms with van der Waals surface area (Å²) in [5, 5.41) is 10.2. The summed E-state index contributed by atoms with van der Waals surface area (Å²) in [5.41, 5.74) is 2.35. The third-order valence-corrected chi connectivity index (χ3v) is 7.94. The largest absolute Gasteiger partial charge is 0.504 e. The van der Waals surface area contributed by atoms with Crippen LogP contribution < -0.4 is 4.74 Å². The normalized spacial score (nSPS) is 28.4. The Balaban J connectivity index is 1.69. The monoisotopic (exact) mass is 525 g/mol. The fourth-order valence-corrected chi connectivity index (χ4v) is 6.39. The highest BCUT2D eigenvalue weighted by atomic mass is 79.9. The van der Waals surface area contributed by atoms with Crippen LogP contribution in [0.4, 0.5) is 0 Å². The van der Waals surface area contributed by atoms with Gasteiger partial charge in [-0.15, -0.1) is 0 Å². The fraction of sp³-hybridized carbons (Fsp3) is 0.385. The average molecular weight is 526 g/mol. The van der Waals surface area contributed by atoms with Crippen LogP contribution in [0.3, 0.4) is 0 Å². The zero-order chi connectivity index (χ0) is 24.3. The molecule has 0 unspecified atom stereocenters. The molecule has 176 valence electrons. The van der Waals surface area contributed by atoms with Gasteiger partial charge in [0.2, 0.25) is 11.8 Å². The van der Waals surface area contributed by atoms with Gasteiger partial charge in [0, 0.05) is 29.7 Å². The lowest BCUT2D eigenvalue weighted by molar-refractivity contribution is -0.139. The average Bonchev–Trinajstić information content (AvgIpc) is 3.07. The first-order valence-electron chi connectivity index (χ1n) is 11.5. The molecule has 1 aliphatic heterocycles. The standard InChI is InChI=1S/C26H24BrNO6/c1-3-28-25(32)14-7-6-13-15(22(14)26(28)33)10-16-23(19(30)11-17(27)24(16)31)21(13)12-5-8-18(29)20(9-12)34-4-2/h5-6,8-9,11,14-15,21-22,29H,3-4,7,10H2,1-2H3/t14-,15+,21-,22-/m0/s1. The van der Waals surface area contributed by atoms with E-state index in [1.165, 1.54) is 17.0 Å². The number of imide groups is 1. The molecule has 4 aliphatic rings. The molecule has 8 heteroatoms. The molecule has 1 saturated heterocycles. The van der Waals surface area contributed by atoms with Gasteiger partial charge in [0.1, 0.15) is 0 Å². The maximum Gasteiger partial charge on any atom is 0.233 e. The van der Waals surface area contributed by atoms with Crippen molar-refractivity contribution < 1.29 is 29.0 Å². The van der Waals surface area contributed by atoms with Crippen molar-refractivity contribution in [3.63, 3.8) is 0 Å². The third kappa shape index (κ3) is 3.22. The van der Waals surface area contributed by atoms with Crippen molar-refractivity contribution in [1.29, 1.82) is 0 Å². The number of hydrogen-bond acceptors (Lipinski definition) is 6. The van der Waals surface area contributed by atoms with Gasteiger partial charge in [-0.3, -0.25) is 24.1 Å². The number of ketones is 2. The summed E-state index contributed by atoms with van der Waals surface area (Å²) >= 11 is 3.22. The Morgan fingerprint density at radius 2 is 1.88 bits per heavy atom. The van der Waals surface area contributed by atoms with Crippen LogP contribution in [0.1, 0.15) is 38.2 Å². The molecule has 0 spiro atoms. The van der Waals surface area contributed by atoms with Crippen LogP contribution in [0.15, 0.2) is 51.6 Å². The summed E-state index contributed by atoms with van der Waals surface area (Å²) in [4.78, 5) is 53.8. The van der Waals surface area contributed by atoms with Gasteiger partial charge in [0.25, 0.3) is 0 Å². The number of Topliss-reactive ketones (excluding diaryl/α,β-unsaturated/α-hetero) is 1. The number of nitrogens with zero attached hydrogens (tertiary/aromatic N) is 1. The van der Waals surface area contributed by atoms with Crippen LogP contribution in [-0.2, 0) is 19.2 Å². The highest BCUT2D eigenvalue weighted by Crippen LogP contribution is 2.55. The highest BCUT2D eigenvalue weighted by Gasteiger charge is 2.55. The van der Waals surface area contributed by atoms with Crippen LogP contribution in [0, 0.1) is 17.8 Å². The van der Waals surface area contributed by atoms with Crippen molar-refractivity contribution in [2.75, 3.05) is 13.2 Å². The molecule has 1 aromatic carbocycles. The molecule has 1 aromatic rings. The lowest BCUT2D eigenvalue weighted by atomic mass is 9.59. The van der Waals surface area contributed by atoms with E-state index < -0.39 is 17.8 Å². The van der Waals surface area contributed by atoms with Crippen molar-refractivity contribution in [3.8, 4) is 11.5 Å². The van der Waals surface area contributed by atoms with Crippen LogP contribution >= 0.6 is 15.9 Å². The van der Waals surface area contributed by atoms with E-state index in [-0.39, 0.29) is 51.7 Å². The number of aromatic hydroxyl groups is 1. The minimum absolute atomic E-state index is 0.0197. The van der Waals surface area contributed by atoms with Gasteiger partial charge in [-0.05, 0) is 66.2 Å². The Hall–Kier alpha value is -3.00. The second-order valence-electron chi connectivity index (χ2n) is 8.97. The van der Waals surface area contributed by atoms with Crippen molar-refractivity contribution in [1.82, 2.24) is 4.90 Å². The number of hydrogen-bond donors (Lipinski definition) is 1. The van der Waals surface area contributed by atoms with E-state index in [1.807, 2.05) is 6.08 Å². The lowest BCUT2D eigenvalue weighted by Crippen LogP contribution is -2.39. The molecule has 0 aromatic heterocycles. The van der Waals surface area contributed by atoms with Crippen LogP contribution in [0.25, 0.3) is 0 Å². The van der Waals surface area contributed by atoms with E-state index in [2.05, 4.69) is 15.9 Å². The topological polar surface area (TPSA) is 101 Å². The number of rotatable bonds is 4. The molecule has 2 amide bonds. The number of phenols is 1. The van der Waals surface area contributed by atoms with Crippen molar-refractivity contribution in [2.24, 2.45) is 17.8 Å². The molecule has 3 aliphatic carbocycles. The molecular weight excluding hydrogens is 502 g/mol. The minimum Gasteiger partial charge on any atom is -0.504 e. The number of benzene rings is 1. The molecule has 5 rings (SSSR count). The summed E-state index contributed by atoms with van der Waals surface area (Å²) in [6, 6.07) is 4.92. The third-order valence-electron chi connectivity index (χ3n) is 7.36. The summed E-state index contributed by atoms with van der Waals surface area (Å²) < 4.78 is 5.77. The van der Waals surface area contributed by atoms with Crippen molar-refractivity contribution in [3.05, 3.63) is 57.1 Å². The lowest BCUT2D eigenvalue weighted by Gasteiger charge is -2.42. The van der Waals surface area contributed by atoms with Gasteiger partial charge < -0.3 is 9.84 Å². The maximum absolute atomic E-state index is 13.3. The summed E-state index contributed by atoms with van der Waals surface area (Å²) in [7, 11) is 0. The first-order chi connectivity index (χ1) is 16.3. The Morgan fingerprint density at radius 1 is 1.12 bits per heavy atom. The Bertz CT molecular complexity index is 1240. The van der Waals surface area contributed by atoms with E-state index in [9.17, 15) is 24.3 Å². The minimum atomic E-state index is -0.568. The van der Waals surface area contributed by atoms with Gasteiger partial charge in [-0.2, -0.15) is 0 Å². The Labute approximate surface area is 205 Å². The van der Waals surface area contributed by atoms with E-state index in [1.54, 1.807) is 26.0 Å². The Morgan fingerprint density at radius 3 is 2.59 bits per heavy atom. The van der Waals surface area contributed by atoms with Gasteiger partial charge in [-0.1, -0.05) is 17.7 Å².